The van der Waals surface area contributed by atoms with Crippen molar-refractivity contribution >= 4 is 0 Å². The smallest absolute Gasteiger partial charge is 0.0132 e. The van der Waals surface area contributed by atoms with Crippen LogP contribution < -0.4 is 0 Å². The number of rotatable bonds is 5. The second kappa shape index (κ2) is 15.6. The number of hydrogen-bond donors (Lipinski definition) is 0. The van der Waals surface area contributed by atoms with E-state index in [0.29, 0.717) is 0 Å². The van der Waals surface area contributed by atoms with E-state index in [1.807, 2.05) is 0 Å². The molecular weight excluding hydrogens is 639 g/mol. The predicted molar refractivity (Wildman–Crippen MR) is 221 cm³/mol. The fourth-order valence-corrected chi connectivity index (χ4v) is 20.1. The van der Waals surface area contributed by atoms with Gasteiger partial charge in [-0.2, -0.15) is 0 Å². The molecule has 11 saturated carbocycles. The summed E-state index contributed by atoms with van der Waals surface area (Å²) in [7, 11) is 0. The molecule has 0 N–H and O–H groups in total. The van der Waals surface area contributed by atoms with Crippen LogP contribution in [0.1, 0.15) is 212 Å². The standard InChI is InChI=1S/C52H85N/c1-2-12-34(13-3-1)35-24-26-40(27-25-35)53(41-28-29-47-45-19-7-6-17-43(45)44-18-8-9-20-46(44)49(47)33-41)51-23-11-22-48-50(51)32-38-16-10-21-42(52(38)48)39-30-36-14-4-5-15-37(36)31-39/h34-52H,1-33H2. The SMILES string of the molecule is C1CCC(C2CCC(N(C3CCC4C5CCCCC5C5CCCCC5C4C3)C3CCCC4C3CC3CCCC(C5CC6CCCCC6C5)C34)CC2)CC1. The zero-order valence-electron chi connectivity index (χ0n) is 34.8. The molecule has 0 spiro atoms. The predicted octanol–water partition coefficient (Wildman–Crippen LogP) is 14.3. The highest BCUT2D eigenvalue weighted by atomic mass is 15.2. The van der Waals surface area contributed by atoms with Gasteiger partial charge in [0, 0.05) is 18.1 Å². The normalized spacial score (nSPS) is 53.2. The molecule has 11 fully saturated rings. The number of nitrogens with zero attached hydrogens (tertiary/aromatic N) is 1. The van der Waals surface area contributed by atoms with Crippen LogP contribution in [0.25, 0.3) is 0 Å². The molecule has 0 aliphatic heterocycles. The van der Waals surface area contributed by atoms with Crippen LogP contribution in [0.5, 0.6) is 0 Å². The average molecular weight is 724 g/mol. The lowest BCUT2D eigenvalue weighted by Gasteiger charge is -2.60. The average Bonchev–Trinajstić information content (AvgIpc) is 3.84. The maximum Gasteiger partial charge on any atom is 0.0132 e. The summed E-state index contributed by atoms with van der Waals surface area (Å²) in [6, 6.07) is 2.83. The molecule has 0 amide bonds. The van der Waals surface area contributed by atoms with Gasteiger partial charge in [0.2, 0.25) is 0 Å². The van der Waals surface area contributed by atoms with E-state index in [0.717, 1.165) is 113 Å². The molecule has 53 heavy (non-hydrogen) atoms. The van der Waals surface area contributed by atoms with E-state index in [1.54, 1.807) is 205 Å². The summed E-state index contributed by atoms with van der Waals surface area (Å²) in [5, 5.41) is 0. The number of fused-ring (bicyclic) bond motifs is 10. The highest BCUT2D eigenvalue weighted by molar-refractivity contribution is 5.09. The highest BCUT2D eigenvalue weighted by Gasteiger charge is 2.58. The highest BCUT2D eigenvalue weighted by Crippen LogP contribution is 2.64. The molecule has 0 bridgehead atoms. The summed E-state index contributed by atoms with van der Waals surface area (Å²) in [5.41, 5.74) is 0. The van der Waals surface area contributed by atoms with Crippen molar-refractivity contribution in [3.05, 3.63) is 0 Å². The Morgan fingerprint density at radius 3 is 1.42 bits per heavy atom. The zero-order chi connectivity index (χ0) is 34.9. The van der Waals surface area contributed by atoms with Crippen LogP contribution >= 0.6 is 0 Å². The van der Waals surface area contributed by atoms with E-state index in [2.05, 4.69) is 4.90 Å². The second-order valence-electron chi connectivity index (χ2n) is 23.5. The summed E-state index contributed by atoms with van der Waals surface area (Å²) in [5.74, 6) is 17.8. The van der Waals surface area contributed by atoms with E-state index in [9.17, 15) is 0 Å². The fourth-order valence-electron chi connectivity index (χ4n) is 20.1. The minimum Gasteiger partial charge on any atom is -0.294 e. The van der Waals surface area contributed by atoms with Crippen LogP contribution in [0, 0.1) is 94.7 Å². The van der Waals surface area contributed by atoms with Gasteiger partial charge >= 0.3 is 0 Å². The Bertz CT molecular complexity index is 1180. The Morgan fingerprint density at radius 1 is 0.226 bits per heavy atom. The molecule has 0 radical (unpaired) electrons. The van der Waals surface area contributed by atoms with E-state index in [4.69, 9.17) is 0 Å². The van der Waals surface area contributed by atoms with Crippen molar-refractivity contribution in [2.45, 2.75) is 230 Å². The third-order valence-electron chi connectivity index (χ3n) is 21.8. The zero-order valence-corrected chi connectivity index (χ0v) is 34.8. The molecule has 1 nitrogen and oxygen atoms in total. The topological polar surface area (TPSA) is 3.24 Å². The molecule has 1 heteroatoms. The molecule has 0 aromatic carbocycles. The Labute approximate surface area is 328 Å². The van der Waals surface area contributed by atoms with Crippen molar-refractivity contribution in [2.24, 2.45) is 94.7 Å². The summed E-state index contributed by atoms with van der Waals surface area (Å²) in [6.07, 6.45) is 52.7. The lowest BCUT2D eigenvalue weighted by Crippen LogP contribution is -2.59. The maximum atomic E-state index is 3.55. The van der Waals surface area contributed by atoms with Crippen LogP contribution in [0.4, 0.5) is 0 Å². The van der Waals surface area contributed by atoms with Crippen molar-refractivity contribution in [3.8, 4) is 0 Å². The van der Waals surface area contributed by atoms with Gasteiger partial charge in [0.25, 0.3) is 0 Å². The van der Waals surface area contributed by atoms with Crippen LogP contribution in [-0.2, 0) is 0 Å². The van der Waals surface area contributed by atoms with Crippen molar-refractivity contribution in [1.82, 2.24) is 4.90 Å². The molecule has 11 rings (SSSR count). The summed E-state index contributed by atoms with van der Waals surface area (Å²) < 4.78 is 0. The first-order valence-corrected chi connectivity index (χ1v) is 26.1. The van der Waals surface area contributed by atoms with Gasteiger partial charge in [-0.3, -0.25) is 4.90 Å². The first-order chi connectivity index (χ1) is 26.3. The molecule has 0 saturated heterocycles. The summed E-state index contributed by atoms with van der Waals surface area (Å²) >= 11 is 0. The van der Waals surface area contributed by atoms with E-state index in [1.165, 1.54) is 6.42 Å². The van der Waals surface area contributed by atoms with Gasteiger partial charge in [-0.15, -0.1) is 0 Å². The molecule has 11 aliphatic carbocycles. The van der Waals surface area contributed by atoms with E-state index in [-0.39, 0.29) is 0 Å². The minimum absolute atomic E-state index is 0.935. The van der Waals surface area contributed by atoms with Crippen molar-refractivity contribution in [2.75, 3.05) is 0 Å². The quantitative estimate of drug-likeness (QED) is 0.273. The third kappa shape index (κ3) is 6.62. The lowest BCUT2D eigenvalue weighted by atomic mass is 9.47. The second-order valence-corrected chi connectivity index (χ2v) is 23.5. The molecule has 0 heterocycles. The number of hydrogen-bond acceptors (Lipinski definition) is 1. The van der Waals surface area contributed by atoms with Crippen molar-refractivity contribution in [1.29, 1.82) is 0 Å². The van der Waals surface area contributed by atoms with E-state index < -0.39 is 0 Å². The van der Waals surface area contributed by atoms with Gasteiger partial charge in [0.05, 0.1) is 0 Å². The first-order valence-electron chi connectivity index (χ1n) is 26.1. The summed E-state index contributed by atoms with van der Waals surface area (Å²) in [4.78, 5) is 3.55. The Hall–Kier alpha value is -0.0400. The van der Waals surface area contributed by atoms with Crippen LogP contribution in [0.3, 0.4) is 0 Å². The Morgan fingerprint density at radius 2 is 0.717 bits per heavy atom. The fraction of sp³-hybridized carbons (Fsp3) is 1.00. The Kier molecular flexibility index (Phi) is 10.6. The molecule has 15 unspecified atom stereocenters. The monoisotopic (exact) mass is 724 g/mol. The van der Waals surface area contributed by atoms with Crippen LogP contribution in [0.15, 0.2) is 0 Å². The summed E-state index contributed by atoms with van der Waals surface area (Å²) in [6.45, 7) is 0. The first kappa shape index (κ1) is 36.1. The minimum atomic E-state index is 0.935. The van der Waals surface area contributed by atoms with Gasteiger partial charge in [-0.1, -0.05) is 103 Å². The molecule has 15 atom stereocenters. The molecule has 0 aromatic heterocycles. The van der Waals surface area contributed by atoms with Gasteiger partial charge in [0.1, 0.15) is 0 Å². The van der Waals surface area contributed by atoms with Gasteiger partial charge in [0.15, 0.2) is 0 Å². The lowest BCUT2D eigenvalue weighted by molar-refractivity contribution is -0.109. The largest absolute Gasteiger partial charge is 0.294 e. The van der Waals surface area contributed by atoms with Crippen molar-refractivity contribution < 1.29 is 0 Å². The van der Waals surface area contributed by atoms with Gasteiger partial charge in [-0.05, 0) is 204 Å². The van der Waals surface area contributed by atoms with Crippen LogP contribution in [-0.4, -0.2) is 23.0 Å². The Balaban J connectivity index is 0.869. The van der Waals surface area contributed by atoms with E-state index >= 15 is 0 Å². The van der Waals surface area contributed by atoms with Gasteiger partial charge in [-0.25, -0.2) is 0 Å². The maximum absolute atomic E-state index is 3.55. The van der Waals surface area contributed by atoms with Crippen LogP contribution in [0.2, 0.25) is 0 Å². The molecule has 0 aromatic rings. The molecule has 11 aliphatic rings. The third-order valence-corrected chi connectivity index (χ3v) is 21.8. The molecular formula is C52H85N. The van der Waals surface area contributed by atoms with Gasteiger partial charge < -0.3 is 0 Å². The molecule has 298 valence electrons. The van der Waals surface area contributed by atoms with Crippen molar-refractivity contribution in [3.63, 3.8) is 0 Å².